The van der Waals surface area contributed by atoms with Crippen LogP contribution in [-0.4, -0.2) is 42.1 Å². The maximum atomic E-state index is 12.7. The molecule has 0 aliphatic rings. The Bertz CT molecular complexity index is 694. The molecule has 2 rings (SSSR count). The fraction of sp³-hybridized carbons (Fsp3) is 0.412. The third-order valence-electron chi connectivity index (χ3n) is 3.71. The van der Waals surface area contributed by atoms with Crippen LogP contribution >= 0.6 is 0 Å². The van der Waals surface area contributed by atoms with Crippen molar-refractivity contribution in [3.63, 3.8) is 0 Å². The molecule has 0 spiro atoms. The lowest BCUT2D eigenvalue weighted by Gasteiger charge is -2.15. The summed E-state index contributed by atoms with van der Waals surface area (Å²) in [4.78, 5) is 10.9. The van der Waals surface area contributed by atoms with E-state index in [1.807, 2.05) is 32.8 Å². The topological polar surface area (TPSA) is 41.1 Å². The maximum Gasteiger partial charge on any atom is 0.416 e. The smallest absolute Gasteiger partial charge is 0.368 e. The average Bonchev–Trinajstić information content (AvgIpc) is 2.50. The minimum Gasteiger partial charge on any atom is -0.368 e. The van der Waals surface area contributed by atoms with Crippen molar-refractivity contribution >= 4 is 5.82 Å². The fourth-order valence-corrected chi connectivity index (χ4v) is 2.14. The molecule has 0 bridgehead atoms. The lowest BCUT2D eigenvalue weighted by molar-refractivity contribution is -0.137. The molecule has 1 N–H and O–H groups in total. The van der Waals surface area contributed by atoms with E-state index in [4.69, 9.17) is 0 Å². The van der Waals surface area contributed by atoms with Gasteiger partial charge in [-0.2, -0.15) is 13.2 Å². The summed E-state index contributed by atoms with van der Waals surface area (Å²) in [5, 5.41) is 3.26. The Morgan fingerprint density at radius 3 is 2.21 bits per heavy atom. The zero-order valence-corrected chi connectivity index (χ0v) is 14.2. The van der Waals surface area contributed by atoms with E-state index in [1.54, 1.807) is 0 Å². The van der Waals surface area contributed by atoms with Crippen molar-refractivity contribution in [1.82, 2.24) is 14.9 Å². The summed E-state index contributed by atoms with van der Waals surface area (Å²) in [5.41, 5.74) is 1.61. The van der Waals surface area contributed by atoms with Gasteiger partial charge in [-0.15, -0.1) is 0 Å². The van der Waals surface area contributed by atoms with Gasteiger partial charge in [0.25, 0.3) is 0 Å². The van der Waals surface area contributed by atoms with Gasteiger partial charge in [0.05, 0.1) is 5.56 Å². The number of halogens is 3. The van der Waals surface area contributed by atoms with Gasteiger partial charge in [-0.3, -0.25) is 0 Å². The van der Waals surface area contributed by atoms with Crippen molar-refractivity contribution in [1.29, 1.82) is 0 Å². The van der Waals surface area contributed by atoms with Gasteiger partial charge in [0.15, 0.2) is 5.82 Å². The highest BCUT2D eigenvalue weighted by molar-refractivity contribution is 5.60. The Labute approximate surface area is 139 Å². The first-order valence-corrected chi connectivity index (χ1v) is 7.60. The number of hydrogen-bond donors (Lipinski definition) is 1. The summed E-state index contributed by atoms with van der Waals surface area (Å²) >= 11 is 0. The lowest BCUT2D eigenvalue weighted by atomic mass is 10.1. The van der Waals surface area contributed by atoms with Crippen LogP contribution in [0.2, 0.25) is 0 Å². The summed E-state index contributed by atoms with van der Waals surface area (Å²) in [6.07, 6.45) is -4.35. The number of benzene rings is 1. The molecular weight excluding hydrogens is 317 g/mol. The molecule has 0 aliphatic carbocycles. The minimum atomic E-state index is -4.35. The minimum absolute atomic E-state index is 0.416. The first kappa shape index (κ1) is 18.2. The van der Waals surface area contributed by atoms with Crippen LogP contribution in [0.3, 0.4) is 0 Å². The number of hydrogen-bond acceptors (Lipinski definition) is 4. The first-order valence-electron chi connectivity index (χ1n) is 7.60. The zero-order chi connectivity index (χ0) is 17.9. The summed E-state index contributed by atoms with van der Waals surface area (Å²) in [7, 11) is 3.96. The predicted octanol–water partition coefficient (Wildman–Crippen LogP) is 3.75. The monoisotopic (exact) mass is 338 g/mol. The van der Waals surface area contributed by atoms with Crippen LogP contribution in [0.15, 0.2) is 24.3 Å². The van der Waals surface area contributed by atoms with Crippen molar-refractivity contribution in [2.45, 2.75) is 20.0 Å². The van der Waals surface area contributed by atoms with Crippen molar-refractivity contribution in [3.05, 3.63) is 41.1 Å². The van der Waals surface area contributed by atoms with Gasteiger partial charge < -0.3 is 10.2 Å². The molecule has 1 aromatic heterocycles. The average molecular weight is 338 g/mol. The molecule has 2 aromatic rings. The summed E-state index contributed by atoms with van der Waals surface area (Å²) in [6.45, 7) is 5.35. The molecule has 24 heavy (non-hydrogen) atoms. The van der Waals surface area contributed by atoms with Gasteiger partial charge in [0.2, 0.25) is 0 Å². The van der Waals surface area contributed by atoms with Gasteiger partial charge in [-0.05, 0) is 40.1 Å². The van der Waals surface area contributed by atoms with Crippen LogP contribution in [0.1, 0.15) is 16.8 Å². The van der Waals surface area contributed by atoms with Crippen LogP contribution in [0.25, 0.3) is 11.4 Å². The molecule has 0 unspecified atom stereocenters. The lowest BCUT2D eigenvalue weighted by Crippen LogP contribution is -2.21. The van der Waals surface area contributed by atoms with Crippen LogP contribution in [-0.2, 0) is 6.18 Å². The molecule has 0 radical (unpaired) electrons. The zero-order valence-electron chi connectivity index (χ0n) is 14.2. The van der Waals surface area contributed by atoms with Gasteiger partial charge >= 0.3 is 6.18 Å². The number of anilines is 1. The van der Waals surface area contributed by atoms with Crippen LogP contribution in [0.4, 0.5) is 19.0 Å². The number of aromatic nitrogens is 2. The first-order chi connectivity index (χ1) is 11.2. The van der Waals surface area contributed by atoms with Crippen LogP contribution in [0, 0.1) is 13.8 Å². The number of nitrogens with zero attached hydrogens (tertiary/aromatic N) is 3. The number of rotatable bonds is 5. The largest absolute Gasteiger partial charge is 0.416 e. The molecule has 0 saturated carbocycles. The van der Waals surface area contributed by atoms with Crippen molar-refractivity contribution < 1.29 is 13.2 Å². The quantitative estimate of drug-likeness (QED) is 0.901. The highest BCUT2D eigenvalue weighted by Crippen LogP contribution is 2.30. The summed E-state index contributed by atoms with van der Waals surface area (Å²) in [6, 6.07) is 4.90. The molecule has 0 aliphatic heterocycles. The van der Waals surface area contributed by atoms with E-state index < -0.39 is 11.7 Å². The Balaban J connectivity index is 2.28. The Morgan fingerprint density at radius 1 is 1.04 bits per heavy atom. The second-order valence-corrected chi connectivity index (χ2v) is 5.91. The SMILES string of the molecule is Cc1nc(-c2ccc(C(F)(F)F)cc2)nc(NCCN(C)C)c1C. The normalized spacial score (nSPS) is 11.8. The van der Waals surface area contributed by atoms with Crippen LogP contribution in [0.5, 0.6) is 0 Å². The summed E-state index contributed by atoms with van der Waals surface area (Å²) < 4.78 is 38.0. The van der Waals surface area contributed by atoms with Gasteiger partial charge in [-0.25, -0.2) is 9.97 Å². The van der Waals surface area contributed by atoms with Gasteiger partial charge in [0.1, 0.15) is 5.82 Å². The molecule has 0 saturated heterocycles. The van der Waals surface area contributed by atoms with E-state index in [9.17, 15) is 13.2 Å². The predicted molar refractivity (Wildman–Crippen MR) is 89.0 cm³/mol. The Kier molecular flexibility index (Phi) is 5.43. The number of nitrogens with one attached hydrogen (secondary N) is 1. The standard InChI is InChI=1S/C17H21F3N4/c1-11-12(2)22-16(23-15(11)21-9-10-24(3)4)13-5-7-14(8-6-13)17(18,19)20/h5-8H,9-10H2,1-4H3,(H,21,22,23). The van der Waals surface area contributed by atoms with E-state index in [0.29, 0.717) is 17.2 Å². The second-order valence-electron chi connectivity index (χ2n) is 5.91. The Hall–Kier alpha value is -2.15. The molecule has 4 nitrogen and oxygen atoms in total. The molecule has 130 valence electrons. The molecule has 0 fully saturated rings. The second kappa shape index (κ2) is 7.17. The summed E-state index contributed by atoms with van der Waals surface area (Å²) in [5.74, 6) is 1.12. The molecule has 1 heterocycles. The van der Waals surface area contributed by atoms with Crippen molar-refractivity contribution in [2.75, 3.05) is 32.5 Å². The van der Waals surface area contributed by atoms with E-state index in [-0.39, 0.29) is 0 Å². The number of alkyl halides is 3. The number of aryl methyl sites for hydroxylation is 1. The van der Waals surface area contributed by atoms with Crippen molar-refractivity contribution in [2.24, 2.45) is 0 Å². The van der Waals surface area contributed by atoms with E-state index in [2.05, 4.69) is 15.3 Å². The van der Waals surface area contributed by atoms with E-state index >= 15 is 0 Å². The molecule has 7 heteroatoms. The highest BCUT2D eigenvalue weighted by Gasteiger charge is 2.30. The molecule has 0 atom stereocenters. The van der Waals surface area contributed by atoms with Crippen molar-refractivity contribution in [3.8, 4) is 11.4 Å². The molecule has 1 aromatic carbocycles. The maximum absolute atomic E-state index is 12.7. The van der Waals surface area contributed by atoms with E-state index in [1.165, 1.54) is 12.1 Å². The highest BCUT2D eigenvalue weighted by atomic mass is 19.4. The van der Waals surface area contributed by atoms with Crippen LogP contribution < -0.4 is 5.32 Å². The van der Waals surface area contributed by atoms with Gasteiger partial charge in [0, 0.05) is 29.9 Å². The fourth-order valence-electron chi connectivity index (χ4n) is 2.14. The molecule has 0 amide bonds. The third-order valence-corrected chi connectivity index (χ3v) is 3.71. The number of likely N-dealkylation sites (N-methyl/N-ethyl adjacent to an activating group) is 1. The third kappa shape index (κ3) is 4.44. The van der Waals surface area contributed by atoms with Gasteiger partial charge in [-0.1, -0.05) is 12.1 Å². The Morgan fingerprint density at radius 2 is 1.67 bits per heavy atom. The molecular formula is C17H21F3N4. The van der Waals surface area contributed by atoms with E-state index in [0.717, 1.165) is 36.5 Å².